The number of fused-ring (bicyclic) bond motifs is 1. The topological polar surface area (TPSA) is 48.3 Å². The maximum Gasteiger partial charge on any atom is 0.262 e. The second kappa shape index (κ2) is 5.48. The molecule has 0 spiro atoms. The number of carbonyl (C=O) groups is 2. The molecule has 0 saturated heterocycles. The number of hydrogen-bond acceptors (Lipinski definition) is 3. The van der Waals surface area contributed by atoms with Crippen molar-refractivity contribution in [2.75, 3.05) is 7.11 Å². The minimum absolute atomic E-state index is 0.152. The molecule has 110 valence electrons. The molecule has 1 aromatic heterocycles. The Kier molecular flexibility index (Phi) is 3.51. The van der Waals surface area contributed by atoms with Crippen LogP contribution >= 0.6 is 0 Å². The highest BCUT2D eigenvalue weighted by atomic mass is 16.5. The summed E-state index contributed by atoms with van der Waals surface area (Å²) in [6.07, 6.45) is 0.784. The van der Waals surface area contributed by atoms with Crippen molar-refractivity contribution < 1.29 is 14.3 Å². The molecule has 0 fully saturated rings. The van der Waals surface area contributed by atoms with E-state index in [0.717, 1.165) is 11.7 Å². The third-order valence-corrected chi connectivity index (χ3v) is 3.80. The van der Waals surface area contributed by atoms with Crippen LogP contribution in [0.1, 0.15) is 26.4 Å². The smallest absolute Gasteiger partial charge is 0.262 e. The van der Waals surface area contributed by atoms with Gasteiger partial charge in [0, 0.05) is 22.2 Å². The third-order valence-electron chi connectivity index (χ3n) is 3.80. The van der Waals surface area contributed by atoms with Crippen molar-refractivity contribution >= 4 is 23.1 Å². The number of aromatic nitrogens is 1. The van der Waals surface area contributed by atoms with Crippen molar-refractivity contribution in [3.05, 3.63) is 65.4 Å². The Labute approximate surface area is 127 Å². The Morgan fingerprint density at radius 1 is 1.14 bits per heavy atom. The predicted octanol–water partition coefficient (Wildman–Crippen LogP) is 3.46. The normalized spacial score (nSPS) is 10.6. The maximum atomic E-state index is 12.8. The molecular weight excluding hydrogens is 278 g/mol. The Morgan fingerprint density at radius 3 is 2.50 bits per heavy atom. The van der Waals surface area contributed by atoms with Gasteiger partial charge in [0.05, 0.1) is 12.6 Å². The average Bonchev–Trinajstić information content (AvgIpc) is 2.85. The molecule has 0 bridgehead atoms. The number of nitrogens with zero attached hydrogens (tertiary/aromatic N) is 1. The minimum atomic E-state index is -0.152. The van der Waals surface area contributed by atoms with Crippen LogP contribution in [0.4, 0.5) is 0 Å². The molecule has 0 aliphatic heterocycles. The number of methoxy groups -OCH3 is 1. The molecule has 4 heteroatoms. The molecule has 0 N–H and O–H groups in total. The van der Waals surface area contributed by atoms with Crippen molar-refractivity contribution in [3.63, 3.8) is 0 Å². The van der Waals surface area contributed by atoms with E-state index in [9.17, 15) is 9.59 Å². The highest BCUT2D eigenvalue weighted by Crippen LogP contribution is 2.29. The first-order valence-corrected chi connectivity index (χ1v) is 6.91. The molecular formula is C18H15NO3. The Morgan fingerprint density at radius 2 is 1.86 bits per heavy atom. The molecule has 0 atom stereocenters. The highest BCUT2D eigenvalue weighted by molar-refractivity contribution is 6.08. The largest absolute Gasteiger partial charge is 0.497 e. The lowest BCUT2D eigenvalue weighted by atomic mass is 10.1. The fourth-order valence-corrected chi connectivity index (χ4v) is 2.67. The van der Waals surface area contributed by atoms with Gasteiger partial charge in [0.1, 0.15) is 5.75 Å². The first-order chi connectivity index (χ1) is 10.7. The molecule has 0 unspecified atom stereocenters. The van der Waals surface area contributed by atoms with E-state index in [1.54, 1.807) is 48.9 Å². The summed E-state index contributed by atoms with van der Waals surface area (Å²) in [6.45, 7) is 1.77. The van der Waals surface area contributed by atoms with Crippen LogP contribution in [0.2, 0.25) is 0 Å². The third kappa shape index (κ3) is 2.09. The molecule has 0 aliphatic carbocycles. The highest BCUT2D eigenvalue weighted by Gasteiger charge is 2.19. The van der Waals surface area contributed by atoms with Gasteiger partial charge in [0.15, 0.2) is 6.29 Å². The van der Waals surface area contributed by atoms with Crippen LogP contribution in [0.15, 0.2) is 48.5 Å². The fourth-order valence-electron chi connectivity index (χ4n) is 2.67. The van der Waals surface area contributed by atoms with Gasteiger partial charge in [0.25, 0.3) is 5.91 Å². The van der Waals surface area contributed by atoms with E-state index < -0.39 is 0 Å². The predicted molar refractivity (Wildman–Crippen MR) is 84.8 cm³/mol. The van der Waals surface area contributed by atoms with E-state index in [1.807, 2.05) is 18.2 Å². The van der Waals surface area contributed by atoms with Gasteiger partial charge in [-0.2, -0.15) is 0 Å². The number of carbonyl (C=O) groups excluding carboxylic acids is 2. The zero-order valence-corrected chi connectivity index (χ0v) is 12.4. The van der Waals surface area contributed by atoms with Gasteiger partial charge < -0.3 is 4.74 Å². The van der Waals surface area contributed by atoms with E-state index in [1.165, 1.54) is 0 Å². The van der Waals surface area contributed by atoms with Gasteiger partial charge in [-0.3, -0.25) is 14.2 Å². The Hall–Kier alpha value is -2.88. The molecule has 1 heterocycles. The van der Waals surface area contributed by atoms with E-state index in [0.29, 0.717) is 28.1 Å². The molecule has 3 aromatic rings. The summed E-state index contributed by atoms with van der Waals surface area (Å²) in [5.41, 5.74) is 2.43. The van der Waals surface area contributed by atoms with Gasteiger partial charge in [-0.1, -0.05) is 18.2 Å². The first-order valence-electron chi connectivity index (χ1n) is 6.91. The molecule has 2 aromatic carbocycles. The molecule has 4 nitrogen and oxygen atoms in total. The second-order valence-electron chi connectivity index (χ2n) is 5.01. The van der Waals surface area contributed by atoms with Crippen molar-refractivity contribution in [3.8, 4) is 5.75 Å². The number of ether oxygens (including phenoxy) is 1. The van der Waals surface area contributed by atoms with Crippen LogP contribution in [-0.2, 0) is 0 Å². The van der Waals surface area contributed by atoms with E-state index in [4.69, 9.17) is 4.74 Å². The standard InChI is InChI=1S/C18H15NO3/c1-12-16(11-20)15-10-14(22-2)8-9-17(15)19(12)18(21)13-6-4-3-5-7-13/h3-11H,1-2H3. The van der Waals surface area contributed by atoms with Crippen LogP contribution in [0.3, 0.4) is 0 Å². The fraction of sp³-hybridized carbons (Fsp3) is 0.111. The van der Waals surface area contributed by atoms with Crippen LogP contribution in [0, 0.1) is 6.92 Å². The zero-order chi connectivity index (χ0) is 15.7. The number of hydrogen-bond donors (Lipinski definition) is 0. The molecule has 22 heavy (non-hydrogen) atoms. The van der Waals surface area contributed by atoms with E-state index >= 15 is 0 Å². The monoisotopic (exact) mass is 293 g/mol. The summed E-state index contributed by atoms with van der Waals surface area (Å²) >= 11 is 0. The SMILES string of the molecule is COc1ccc2c(c1)c(C=O)c(C)n2C(=O)c1ccccc1. The lowest BCUT2D eigenvalue weighted by Crippen LogP contribution is -2.13. The lowest BCUT2D eigenvalue weighted by Gasteiger charge is -2.07. The van der Waals surface area contributed by atoms with Crippen LogP contribution in [0.5, 0.6) is 5.75 Å². The van der Waals surface area contributed by atoms with Gasteiger partial charge >= 0.3 is 0 Å². The minimum Gasteiger partial charge on any atom is -0.497 e. The van der Waals surface area contributed by atoms with Crippen LogP contribution in [-0.4, -0.2) is 23.9 Å². The van der Waals surface area contributed by atoms with Gasteiger partial charge in [-0.05, 0) is 37.3 Å². The van der Waals surface area contributed by atoms with Crippen molar-refractivity contribution in [2.45, 2.75) is 6.92 Å². The van der Waals surface area contributed by atoms with Crippen molar-refractivity contribution in [1.82, 2.24) is 4.57 Å². The van der Waals surface area contributed by atoms with E-state index in [-0.39, 0.29) is 5.91 Å². The Bertz CT molecular complexity index is 863. The summed E-state index contributed by atoms with van der Waals surface area (Å²) in [5.74, 6) is 0.501. The Balaban J connectivity index is 2.28. The van der Waals surface area contributed by atoms with Gasteiger partial charge in [0.2, 0.25) is 0 Å². The van der Waals surface area contributed by atoms with Crippen molar-refractivity contribution in [1.29, 1.82) is 0 Å². The lowest BCUT2D eigenvalue weighted by molar-refractivity contribution is 0.0963. The number of aldehydes is 1. The van der Waals surface area contributed by atoms with Gasteiger partial charge in [-0.25, -0.2) is 0 Å². The molecule has 0 amide bonds. The van der Waals surface area contributed by atoms with Crippen LogP contribution < -0.4 is 4.74 Å². The average molecular weight is 293 g/mol. The number of rotatable bonds is 3. The summed E-state index contributed by atoms with van der Waals surface area (Å²) < 4.78 is 6.78. The summed E-state index contributed by atoms with van der Waals surface area (Å²) in [7, 11) is 1.57. The number of benzene rings is 2. The molecule has 0 aliphatic rings. The summed E-state index contributed by atoms with van der Waals surface area (Å²) in [4.78, 5) is 24.2. The van der Waals surface area contributed by atoms with Gasteiger partial charge in [-0.15, -0.1) is 0 Å². The first kappa shape index (κ1) is 14.1. The van der Waals surface area contributed by atoms with E-state index in [2.05, 4.69) is 0 Å². The van der Waals surface area contributed by atoms with Crippen molar-refractivity contribution in [2.24, 2.45) is 0 Å². The second-order valence-corrected chi connectivity index (χ2v) is 5.01. The molecule has 3 rings (SSSR count). The maximum absolute atomic E-state index is 12.8. The summed E-state index contributed by atoms with van der Waals surface area (Å²) in [5, 5.41) is 0.719. The quantitative estimate of drug-likeness (QED) is 0.695. The zero-order valence-electron chi connectivity index (χ0n) is 12.4. The molecule has 0 saturated carbocycles. The summed E-state index contributed by atoms with van der Waals surface area (Å²) in [6, 6.07) is 14.4. The molecule has 0 radical (unpaired) electrons. The van der Waals surface area contributed by atoms with Crippen LogP contribution in [0.25, 0.3) is 10.9 Å².